The van der Waals surface area contributed by atoms with Crippen LogP contribution in [0.15, 0.2) is 12.4 Å². The zero-order valence-electron chi connectivity index (χ0n) is 10.8. The lowest BCUT2D eigenvalue weighted by molar-refractivity contribution is 0.189. The number of anilines is 1. The van der Waals surface area contributed by atoms with Crippen molar-refractivity contribution in [2.24, 2.45) is 5.92 Å². The molecule has 5 heteroatoms. The molecular formula is C13H20N4O. The average molecular weight is 248 g/mol. The number of aromatic nitrogens is 2. The van der Waals surface area contributed by atoms with Crippen molar-refractivity contribution in [3.8, 4) is 5.88 Å². The van der Waals surface area contributed by atoms with Crippen LogP contribution in [0, 0.1) is 5.92 Å². The van der Waals surface area contributed by atoms with Crippen molar-refractivity contribution in [1.82, 2.24) is 15.3 Å². The summed E-state index contributed by atoms with van der Waals surface area (Å²) >= 11 is 0. The first-order chi connectivity index (χ1) is 8.83. The summed E-state index contributed by atoms with van der Waals surface area (Å²) in [5.41, 5.74) is 0. The summed E-state index contributed by atoms with van der Waals surface area (Å²) in [7, 11) is 0. The van der Waals surface area contributed by atoms with E-state index in [9.17, 15) is 0 Å². The Labute approximate surface area is 108 Å². The monoisotopic (exact) mass is 248 g/mol. The Balaban J connectivity index is 1.67. The van der Waals surface area contributed by atoms with Crippen LogP contribution < -0.4 is 15.0 Å². The predicted molar refractivity (Wildman–Crippen MR) is 69.9 cm³/mol. The molecule has 5 nitrogen and oxygen atoms in total. The molecule has 1 N–H and O–H groups in total. The number of hydrogen-bond donors (Lipinski definition) is 1. The second-order valence-electron chi connectivity index (χ2n) is 5.11. The fourth-order valence-corrected chi connectivity index (χ4v) is 2.29. The highest BCUT2D eigenvalue weighted by Crippen LogP contribution is 2.34. The lowest BCUT2D eigenvalue weighted by Crippen LogP contribution is -2.43. The predicted octanol–water partition coefficient (Wildman–Crippen LogP) is 1.06. The first-order valence-electron chi connectivity index (χ1n) is 6.77. The van der Waals surface area contributed by atoms with E-state index in [0.29, 0.717) is 5.88 Å². The molecule has 1 aliphatic carbocycles. The molecule has 2 fully saturated rings. The van der Waals surface area contributed by atoms with Crippen LogP contribution in [0.3, 0.4) is 0 Å². The van der Waals surface area contributed by atoms with Crippen molar-refractivity contribution in [2.45, 2.75) is 25.9 Å². The third kappa shape index (κ3) is 2.72. The van der Waals surface area contributed by atoms with Crippen LogP contribution in [0.1, 0.15) is 19.8 Å². The summed E-state index contributed by atoms with van der Waals surface area (Å²) in [5.74, 6) is 2.30. The minimum atomic E-state index is 0.262. The normalized spacial score (nSPS) is 21.7. The number of piperazine rings is 1. The van der Waals surface area contributed by atoms with Crippen LogP contribution in [0.4, 0.5) is 5.82 Å². The number of ether oxygens (including phenoxy) is 1. The minimum absolute atomic E-state index is 0.262. The van der Waals surface area contributed by atoms with Gasteiger partial charge in [0.25, 0.3) is 0 Å². The Hall–Kier alpha value is -1.36. The molecule has 1 aliphatic heterocycles. The molecule has 1 atom stereocenters. The van der Waals surface area contributed by atoms with Crippen molar-refractivity contribution in [3.05, 3.63) is 12.4 Å². The van der Waals surface area contributed by atoms with Gasteiger partial charge in [0.15, 0.2) is 5.82 Å². The van der Waals surface area contributed by atoms with E-state index in [4.69, 9.17) is 4.74 Å². The average Bonchev–Trinajstić information content (AvgIpc) is 3.24. The molecule has 2 heterocycles. The fraction of sp³-hybridized carbons (Fsp3) is 0.692. The van der Waals surface area contributed by atoms with Gasteiger partial charge in [-0.25, -0.2) is 0 Å². The summed E-state index contributed by atoms with van der Waals surface area (Å²) in [4.78, 5) is 11.1. The second-order valence-corrected chi connectivity index (χ2v) is 5.11. The maximum Gasteiger partial charge on any atom is 0.234 e. The highest BCUT2D eigenvalue weighted by Gasteiger charge is 2.29. The molecule has 3 rings (SSSR count). The summed E-state index contributed by atoms with van der Waals surface area (Å²) in [6.45, 7) is 6.10. The van der Waals surface area contributed by atoms with E-state index in [-0.39, 0.29) is 6.10 Å². The van der Waals surface area contributed by atoms with Gasteiger partial charge in [0.05, 0.1) is 12.4 Å². The first kappa shape index (κ1) is 11.7. The number of hydrogen-bond acceptors (Lipinski definition) is 5. The van der Waals surface area contributed by atoms with Gasteiger partial charge >= 0.3 is 0 Å². The van der Waals surface area contributed by atoms with Gasteiger partial charge in [0.2, 0.25) is 5.88 Å². The zero-order valence-corrected chi connectivity index (χ0v) is 10.8. The Morgan fingerprint density at radius 3 is 2.83 bits per heavy atom. The molecule has 0 radical (unpaired) electrons. The van der Waals surface area contributed by atoms with E-state index < -0.39 is 0 Å². The third-order valence-electron chi connectivity index (χ3n) is 3.63. The largest absolute Gasteiger partial charge is 0.473 e. The molecule has 1 aromatic rings. The smallest absolute Gasteiger partial charge is 0.234 e. The van der Waals surface area contributed by atoms with Gasteiger partial charge in [0, 0.05) is 26.2 Å². The van der Waals surface area contributed by atoms with Gasteiger partial charge in [-0.3, -0.25) is 4.98 Å². The topological polar surface area (TPSA) is 50.3 Å². The van der Waals surface area contributed by atoms with Crippen LogP contribution >= 0.6 is 0 Å². The van der Waals surface area contributed by atoms with Crippen LogP contribution in [0.5, 0.6) is 5.88 Å². The highest BCUT2D eigenvalue weighted by molar-refractivity contribution is 5.38. The molecule has 1 aromatic heterocycles. The van der Waals surface area contributed by atoms with Crippen LogP contribution in [-0.4, -0.2) is 42.3 Å². The number of rotatable bonds is 4. The van der Waals surface area contributed by atoms with Crippen LogP contribution in [0.2, 0.25) is 0 Å². The zero-order chi connectivity index (χ0) is 12.4. The molecule has 98 valence electrons. The maximum absolute atomic E-state index is 5.85. The molecule has 18 heavy (non-hydrogen) atoms. The summed E-state index contributed by atoms with van der Waals surface area (Å²) in [6, 6.07) is 0. The fourth-order valence-electron chi connectivity index (χ4n) is 2.29. The highest BCUT2D eigenvalue weighted by atomic mass is 16.5. The Morgan fingerprint density at radius 1 is 1.33 bits per heavy atom. The van der Waals surface area contributed by atoms with Gasteiger partial charge in [-0.2, -0.15) is 4.98 Å². The van der Waals surface area contributed by atoms with E-state index in [1.54, 1.807) is 6.20 Å². The van der Waals surface area contributed by atoms with Crippen molar-refractivity contribution >= 4 is 5.82 Å². The molecule has 0 aromatic carbocycles. The van der Waals surface area contributed by atoms with Crippen molar-refractivity contribution in [2.75, 3.05) is 31.1 Å². The third-order valence-corrected chi connectivity index (χ3v) is 3.63. The van der Waals surface area contributed by atoms with E-state index >= 15 is 0 Å². The van der Waals surface area contributed by atoms with Crippen molar-refractivity contribution < 1.29 is 4.74 Å². The Kier molecular flexibility index (Phi) is 3.32. The Bertz CT molecular complexity index is 402. The molecule has 2 aliphatic rings. The summed E-state index contributed by atoms with van der Waals surface area (Å²) in [6.07, 6.45) is 6.36. The molecule has 0 amide bonds. The van der Waals surface area contributed by atoms with E-state index in [1.807, 2.05) is 6.20 Å². The lowest BCUT2D eigenvalue weighted by atomic mass is 10.3. The second kappa shape index (κ2) is 5.10. The van der Waals surface area contributed by atoms with Crippen LogP contribution in [0.25, 0.3) is 0 Å². The molecule has 0 spiro atoms. The van der Waals surface area contributed by atoms with E-state index in [2.05, 4.69) is 27.1 Å². The molecule has 1 saturated carbocycles. The molecular weight excluding hydrogens is 228 g/mol. The lowest BCUT2D eigenvalue weighted by Gasteiger charge is -2.28. The summed E-state index contributed by atoms with van der Waals surface area (Å²) < 4.78 is 5.85. The number of nitrogens with zero attached hydrogens (tertiary/aromatic N) is 3. The Morgan fingerprint density at radius 2 is 2.11 bits per heavy atom. The minimum Gasteiger partial charge on any atom is -0.473 e. The van der Waals surface area contributed by atoms with E-state index in [1.165, 1.54) is 12.8 Å². The molecule has 1 unspecified atom stereocenters. The van der Waals surface area contributed by atoms with Crippen molar-refractivity contribution in [3.63, 3.8) is 0 Å². The molecule has 1 saturated heterocycles. The first-order valence-corrected chi connectivity index (χ1v) is 6.77. The van der Waals surface area contributed by atoms with E-state index in [0.717, 1.165) is 37.9 Å². The van der Waals surface area contributed by atoms with Gasteiger partial charge in [-0.05, 0) is 25.7 Å². The van der Waals surface area contributed by atoms with Crippen molar-refractivity contribution in [1.29, 1.82) is 0 Å². The van der Waals surface area contributed by atoms with Gasteiger partial charge in [-0.1, -0.05) is 0 Å². The molecule has 0 bridgehead atoms. The van der Waals surface area contributed by atoms with Gasteiger partial charge in [0.1, 0.15) is 6.10 Å². The standard InChI is InChI=1S/C13H20N4O/c1-10(11-2-3-11)18-13-9-15-8-12(16-13)17-6-4-14-5-7-17/h8-11,14H,2-7H2,1H3. The summed E-state index contributed by atoms with van der Waals surface area (Å²) in [5, 5.41) is 3.33. The maximum atomic E-state index is 5.85. The quantitative estimate of drug-likeness (QED) is 0.863. The SMILES string of the molecule is CC(Oc1cncc(N2CCNCC2)n1)C1CC1. The van der Waals surface area contributed by atoms with Gasteiger partial charge in [-0.15, -0.1) is 0 Å². The van der Waals surface area contributed by atoms with Crippen LogP contribution in [-0.2, 0) is 0 Å². The van der Waals surface area contributed by atoms with Gasteiger partial charge < -0.3 is 15.0 Å². The number of nitrogens with one attached hydrogen (secondary N) is 1.